The van der Waals surface area contributed by atoms with Crippen LogP contribution in [0, 0.1) is 26.7 Å². The van der Waals surface area contributed by atoms with Gasteiger partial charge in [-0.05, 0) is 31.9 Å². The zero-order valence-corrected chi connectivity index (χ0v) is 14.7. The normalized spacial score (nSPS) is 20.2. The minimum absolute atomic E-state index is 0.117. The number of amides is 1. The van der Waals surface area contributed by atoms with Gasteiger partial charge in [-0.25, -0.2) is 4.79 Å². The summed E-state index contributed by atoms with van der Waals surface area (Å²) in [4.78, 5) is 20.2. The van der Waals surface area contributed by atoms with Crippen molar-refractivity contribution in [3.05, 3.63) is 33.6 Å². The van der Waals surface area contributed by atoms with Gasteiger partial charge in [0.1, 0.15) is 5.51 Å². The topological polar surface area (TPSA) is 82.5 Å². The Morgan fingerprint density at radius 2 is 2.04 bits per heavy atom. The minimum atomic E-state index is -0.873. The molecule has 126 valence electrons. The number of carbonyl (C=O) groups is 1. The van der Waals surface area contributed by atoms with Gasteiger partial charge in [-0.1, -0.05) is 11.3 Å². The summed E-state index contributed by atoms with van der Waals surface area (Å²) in [6.07, 6.45) is -0.873. The summed E-state index contributed by atoms with van der Waals surface area (Å²) in [6.45, 7) is 8.12. The first-order valence-electron chi connectivity index (χ1n) is 7.94. The van der Waals surface area contributed by atoms with E-state index in [0.29, 0.717) is 6.54 Å². The van der Waals surface area contributed by atoms with Crippen LogP contribution in [0.15, 0.2) is 5.51 Å². The molecule has 0 radical (unpaired) electrons. The summed E-state index contributed by atoms with van der Waals surface area (Å²) in [7, 11) is 0. The Morgan fingerprint density at radius 1 is 1.29 bits per heavy atom. The fourth-order valence-corrected chi connectivity index (χ4v) is 4.40. The first-order valence-corrected chi connectivity index (χ1v) is 8.82. The average molecular weight is 345 g/mol. The number of hydrogen-bond acceptors (Lipinski definition) is 6. The number of pyridine rings is 1. The molecular weight excluding hydrogens is 326 g/mol. The maximum Gasteiger partial charge on any atom is 0.408 e. The second-order valence-electron chi connectivity index (χ2n) is 6.55. The third-order valence-corrected chi connectivity index (χ3v) is 6.05. The lowest BCUT2D eigenvalue weighted by Crippen LogP contribution is -2.52. The molecule has 2 aliphatic heterocycles. The van der Waals surface area contributed by atoms with E-state index in [1.54, 1.807) is 10.4 Å². The fraction of sp³-hybridized carbons (Fsp3) is 0.500. The highest BCUT2D eigenvalue weighted by Crippen LogP contribution is 2.45. The van der Waals surface area contributed by atoms with Crippen molar-refractivity contribution in [1.82, 2.24) is 20.1 Å². The first kappa shape index (κ1) is 15.3. The molecule has 0 aromatic carbocycles. The van der Waals surface area contributed by atoms with Crippen LogP contribution in [0.1, 0.15) is 34.1 Å². The molecule has 1 N–H and O–H groups in total. The van der Waals surface area contributed by atoms with Crippen molar-refractivity contribution >= 4 is 22.6 Å². The molecule has 8 heteroatoms. The summed E-state index contributed by atoms with van der Waals surface area (Å²) < 4.78 is 0. The van der Waals surface area contributed by atoms with Crippen LogP contribution in [0.3, 0.4) is 0 Å². The quantitative estimate of drug-likeness (QED) is 0.901. The van der Waals surface area contributed by atoms with Crippen LogP contribution in [0.5, 0.6) is 0 Å². The van der Waals surface area contributed by atoms with Crippen LogP contribution in [-0.4, -0.2) is 44.4 Å². The van der Waals surface area contributed by atoms with Crippen LogP contribution in [-0.2, 0) is 6.54 Å². The predicted molar refractivity (Wildman–Crippen MR) is 90.4 cm³/mol. The van der Waals surface area contributed by atoms with Crippen LogP contribution < -0.4 is 4.90 Å². The highest BCUT2D eigenvalue weighted by Gasteiger charge is 2.46. The van der Waals surface area contributed by atoms with Crippen molar-refractivity contribution < 1.29 is 9.90 Å². The van der Waals surface area contributed by atoms with E-state index in [4.69, 9.17) is 0 Å². The Balaban J connectivity index is 1.67. The third kappa shape index (κ3) is 2.16. The van der Waals surface area contributed by atoms with E-state index in [2.05, 4.69) is 33.9 Å². The van der Waals surface area contributed by atoms with Crippen molar-refractivity contribution in [2.75, 3.05) is 18.0 Å². The molecule has 2 aromatic heterocycles. The Hall–Kier alpha value is -2.22. The van der Waals surface area contributed by atoms with Gasteiger partial charge in [-0.2, -0.15) is 0 Å². The van der Waals surface area contributed by atoms with E-state index in [1.807, 2.05) is 6.92 Å². The monoisotopic (exact) mass is 345 g/mol. The fourth-order valence-electron chi connectivity index (χ4n) is 3.82. The maximum atomic E-state index is 11.8. The van der Waals surface area contributed by atoms with Crippen LogP contribution in [0.2, 0.25) is 0 Å². The number of aromatic nitrogens is 3. The molecule has 7 nitrogen and oxygen atoms in total. The predicted octanol–water partition coefficient (Wildman–Crippen LogP) is 2.53. The van der Waals surface area contributed by atoms with Gasteiger partial charge >= 0.3 is 6.09 Å². The first-order chi connectivity index (χ1) is 11.5. The number of nitrogens with zero attached hydrogens (tertiary/aromatic N) is 5. The summed E-state index contributed by atoms with van der Waals surface area (Å²) in [5, 5.41) is 18.5. The lowest BCUT2D eigenvalue weighted by atomic mass is 9.85. The summed E-state index contributed by atoms with van der Waals surface area (Å²) in [5.74, 6) is 0.258. The van der Waals surface area contributed by atoms with Crippen molar-refractivity contribution in [3.63, 3.8) is 0 Å². The molecule has 1 fully saturated rings. The Bertz CT molecular complexity index is 801. The van der Waals surface area contributed by atoms with Gasteiger partial charge in [0.15, 0.2) is 0 Å². The van der Waals surface area contributed by atoms with Gasteiger partial charge in [0.2, 0.25) is 5.13 Å². The largest absolute Gasteiger partial charge is 0.465 e. The zero-order chi connectivity index (χ0) is 17.0. The average Bonchev–Trinajstić information content (AvgIpc) is 3.12. The van der Waals surface area contributed by atoms with Gasteiger partial charge in [0.25, 0.3) is 0 Å². The molecule has 2 aromatic rings. The van der Waals surface area contributed by atoms with Crippen molar-refractivity contribution in [1.29, 1.82) is 0 Å². The van der Waals surface area contributed by atoms with Crippen LogP contribution in [0.4, 0.5) is 9.93 Å². The number of anilines is 1. The third-order valence-electron chi connectivity index (χ3n) is 5.30. The smallest absolute Gasteiger partial charge is 0.408 e. The molecule has 0 saturated carbocycles. The molecule has 4 heterocycles. The number of carboxylic acid groups (broad SMARTS) is 1. The lowest BCUT2D eigenvalue weighted by molar-refractivity contribution is 0.102. The van der Waals surface area contributed by atoms with E-state index in [9.17, 15) is 9.90 Å². The molecule has 2 aliphatic rings. The maximum absolute atomic E-state index is 11.8. The van der Waals surface area contributed by atoms with Crippen LogP contribution >= 0.6 is 11.3 Å². The molecule has 1 atom stereocenters. The number of fused-ring (bicyclic) bond motifs is 1. The lowest BCUT2D eigenvalue weighted by Gasteiger charge is -2.44. The summed E-state index contributed by atoms with van der Waals surface area (Å²) >= 11 is 1.51. The second-order valence-corrected chi connectivity index (χ2v) is 7.36. The highest BCUT2D eigenvalue weighted by atomic mass is 32.1. The molecule has 0 aliphatic carbocycles. The zero-order valence-electron chi connectivity index (χ0n) is 13.9. The van der Waals surface area contributed by atoms with Crippen LogP contribution in [0.25, 0.3) is 0 Å². The molecule has 0 spiro atoms. The number of hydrogen-bond donors (Lipinski definition) is 1. The van der Waals surface area contributed by atoms with Gasteiger partial charge < -0.3 is 10.0 Å². The van der Waals surface area contributed by atoms with E-state index in [0.717, 1.165) is 40.7 Å². The molecule has 4 rings (SSSR count). The van der Waals surface area contributed by atoms with E-state index < -0.39 is 6.09 Å². The van der Waals surface area contributed by atoms with Crippen molar-refractivity contribution in [2.45, 2.75) is 33.4 Å². The van der Waals surface area contributed by atoms with Gasteiger partial charge in [0, 0.05) is 30.3 Å². The Morgan fingerprint density at radius 3 is 2.67 bits per heavy atom. The van der Waals surface area contributed by atoms with E-state index in [-0.39, 0.29) is 12.0 Å². The number of rotatable bonds is 2. The van der Waals surface area contributed by atoms with Crippen molar-refractivity contribution in [3.8, 4) is 0 Å². The second kappa shape index (κ2) is 5.41. The van der Waals surface area contributed by atoms with E-state index in [1.165, 1.54) is 16.9 Å². The Kier molecular flexibility index (Phi) is 3.45. The van der Waals surface area contributed by atoms with Gasteiger partial charge in [0.05, 0.1) is 18.3 Å². The molecule has 1 saturated heterocycles. The molecule has 0 bridgehead atoms. The van der Waals surface area contributed by atoms with Gasteiger partial charge in [-0.3, -0.25) is 9.88 Å². The summed E-state index contributed by atoms with van der Waals surface area (Å²) in [5.41, 5.74) is 7.07. The van der Waals surface area contributed by atoms with Gasteiger partial charge in [-0.15, -0.1) is 10.2 Å². The molecule has 1 unspecified atom stereocenters. The molecular formula is C16H19N5O2S. The highest BCUT2D eigenvalue weighted by molar-refractivity contribution is 7.13. The SMILES string of the molecule is Cc1nc2c(c(C)c1C)C(C1CN(c3nncs3)C1)N(C(=O)O)C2. The molecule has 1 amide bonds. The van der Waals surface area contributed by atoms with Crippen molar-refractivity contribution in [2.24, 2.45) is 5.92 Å². The standard InChI is InChI=1S/C16H19N5O2S/c1-8-9(2)13-12(18-10(8)3)6-21(16(22)23)14(13)11-4-20(5-11)15-19-17-7-24-15/h7,11,14H,4-6H2,1-3H3,(H,22,23). The summed E-state index contributed by atoms with van der Waals surface area (Å²) in [6, 6.07) is -0.117. The number of aryl methyl sites for hydroxylation is 1. The minimum Gasteiger partial charge on any atom is -0.465 e. The van der Waals surface area contributed by atoms with E-state index >= 15 is 0 Å². The molecule has 24 heavy (non-hydrogen) atoms. The Labute approximate surface area is 144 Å².